The predicted molar refractivity (Wildman–Crippen MR) is 96.8 cm³/mol. The molecule has 1 aliphatic heterocycles. The monoisotopic (exact) mass is 306 g/mol. The number of rotatable bonds is 3. The molecule has 0 saturated heterocycles. The van der Waals surface area contributed by atoms with Gasteiger partial charge in [0.15, 0.2) is 0 Å². The van der Waals surface area contributed by atoms with Crippen molar-refractivity contribution in [3.63, 3.8) is 0 Å². The van der Waals surface area contributed by atoms with Crippen molar-refractivity contribution in [2.24, 2.45) is 0 Å². The topological polar surface area (TPSA) is 23.6 Å². The fraction of sp³-hybridized carbons (Fsp3) is 0.250. The van der Waals surface area contributed by atoms with E-state index in [9.17, 15) is 4.79 Å². The van der Waals surface area contributed by atoms with Gasteiger partial charge in [0.2, 0.25) is 0 Å². The molecule has 0 bridgehead atoms. The molecule has 23 heavy (non-hydrogen) atoms. The number of para-hydroxylation sites is 2. The number of hydrogen-bond acceptors (Lipinski definition) is 2. The van der Waals surface area contributed by atoms with Crippen molar-refractivity contribution in [3.05, 3.63) is 66.2 Å². The van der Waals surface area contributed by atoms with E-state index in [2.05, 4.69) is 24.8 Å². The van der Waals surface area contributed by atoms with Crippen LogP contribution in [-0.2, 0) is 4.79 Å². The summed E-state index contributed by atoms with van der Waals surface area (Å²) in [5.74, 6) is 0.0314. The third-order valence-electron chi connectivity index (χ3n) is 4.29. The number of amides is 1. The molecular formula is C20H22N2O. The van der Waals surface area contributed by atoms with E-state index < -0.39 is 0 Å². The fourth-order valence-electron chi connectivity index (χ4n) is 3.15. The van der Waals surface area contributed by atoms with E-state index in [0.717, 1.165) is 23.5 Å². The molecule has 3 heteroatoms. The zero-order valence-corrected chi connectivity index (χ0v) is 13.6. The first-order valence-electron chi connectivity index (χ1n) is 8.11. The lowest BCUT2D eigenvalue weighted by atomic mass is 10.1. The van der Waals surface area contributed by atoms with Crippen LogP contribution in [-0.4, -0.2) is 25.0 Å². The van der Waals surface area contributed by atoms with Gasteiger partial charge in [-0.05, 0) is 37.6 Å². The molecule has 0 aromatic heterocycles. The number of hydrogen-bond donors (Lipinski definition) is 0. The van der Waals surface area contributed by atoms with Crippen molar-refractivity contribution in [1.29, 1.82) is 0 Å². The maximum Gasteiger partial charge on any atom is 0.251 e. The molecule has 0 fully saturated rings. The molecule has 0 aliphatic carbocycles. The SMILES string of the molecule is CCN1c2ccccc2N(C(=O)/C=C/c2ccccc2)CC1C. The predicted octanol–water partition coefficient (Wildman–Crippen LogP) is 3.96. The van der Waals surface area contributed by atoms with Crippen molar-refractivity contribution in [2.45, 2.75) is 19.9 Å². The molecule has 0 saturated carbocycles. The van der Waals surface area contributed by atoms with Crippen LogP contribution in [0.2, 0.25) is 0 Å². The maximum atomic E-state index is 12.7. The lowest BCUT2D eigenvalue weighted by Crippen LogP contribution is -2.49. The quantitative estimate of drug-likeness (QED) is 0.801. The van der Waals surface area contributed by atoms with Gasteiger partial charge in [0.05, 0.1) is 11.4 Å². The summed E-state index contributed by atoms with van der Waals surface area (Å²) in [4.78, 5) is 16.9. The first-order chi connectivity index (χ1) is 11.2. The highest BCUT2D eigenvalue weighted by Crippen LogP contribution is 2.35. The van der Waals surface area contributed by atoms with Gasteiger partial charge in [-0.1, -0.05) is 42.5 Å². The first-order valence-corrected chi connectivity index (χ1v) is 8.11. The number of anilines is 2. The number of fused-ring (bicyclic) bond motifs is 1. The maximum absolute atomic E-state index is 12.7. The van der Waals surface area contributed by atoms with Crippen LogP contribution in [0.15, 0.2) is 60.7 Å². The molecule has 3 rings (SSSR count). The lowest BCUT2D eigenvalue weighted by Gasteiger charge is -2.41. The van der Waals surface area contributed by atoms with Gasteiger partial charge in [-0.25, -0.2) is 0 Å². The van der Waals surface area contributed by atoms with E-state index in [4.69, 9.17) is 0 Å². The van der Waals surface area contributed by atoms with Crippen LogP contribution in [0.5, 0.6) is 0 Å². The van der Waals surface area contributed by atoms with E-state index in [0.29, 0.717) is 12.6 Å². The average molecular weight is 306 g/mol. The van der Waals surface area contributed by atoms with E-state index >= 15 is 0 Å². The van der Waals surface area contributed by atoms with Crippen LogP contribution >= 0.6 is 0 Å². The second-order valence-electron chi connectivity index (χ2n) is 5.82. The zero-order valence-electron chi connectivity index (χ0n) is 13.6. The van der Waals surface area contributed by atoms with Crippen molar-refractivity contribution >= 4 is 23.4 Å². The Labute approximate surface area is 137 Å². The summed E-state index contributed by atoms with van der Waals surface area (Å²) in [6.07, 6.45) is 3.54. The van der Waals surface area contributed by atoms with Crippen molar-refractivity contribution in [1.82, 2.24) is 0 Å². The molecule has 118 valence electrons. The summed E-state index contributed by atoms with van der Waals surface area (Å²) in [5.41, 5.74) is 3.17. The minimum atomic E-state index is 0.0314. The lowest BCUT2D eigenvalue weighted by molar-refractivity contribution is -0.114. The first kappa shape index (κ1) is 15.3. The van der Waals surface area contributed by atoms with Crippen LogP contribution in [0.4, 0.5) is 11.4 Å². The Morgan fingerprint density at radius 3 is 2.43 bits per heavy atom. The van der Waals surface area contributed by atoms with E-state index in [1.807, 2.05) is 59.5 Å². The van der Waals surface area contributed by atoms with Crippen LogP contribution in [0.3, 0.4) is 0 Å². The van der Waals surface area contributed by atoms with E-state index in [-0.39, 0.29) is 5.91 Å². The Kier molecular flexibility index (Phi) is 4.47. The van der Waals surface area contributed by atoms with Crippen molar-refractivity contribution < 1.29 is 4.79 Å². The van der Waals surface area contributed by atoms with Gasteiger partial charge in [-0.2, -0.15) is 0 Å². The van der Waals surface area contributed by atoms with Crippen LogP contribution in [0.1, 0.15) is 19.4 Å². The highest BCUT2D eigenvalue weighted by molar-refractivity contribution is 6.06. The summed E-state index contributed by atoms with van der Waals surface area (Å²) in [6, 6.07) is 18.4. The average Bonchev–Trinajstić information content (AvgIpc) is 2.60. The van der Waals surface area contributed by atoms with Gasteiger partial charge < -0.3 is 9.80 Å². The molecule has 3 nitrogen and oxygen atoms in total. The van der Waals surface area contributed by atoms with Gasteiger partial charge >= 0.3 is 0 Å². The van der Waals surface area contributed by atoms with Crippen molar-refractivity contribution in [2.75, 3.05) is 22.9 Å². The number of benzene rings is 2. The Balaban J connectivity index is 1.88. The molecule has 1 atom stereocenters. The summed E-state index contributed by atoms with van der Waals surface area (Å²) in [5, 5.41) is 0. The normalized spacial score (nSPS) is 17.4. The molecule has 2 aromatic rings. The van der Waals surface area contributed by atoms with Crippen molar-refractivity contribution in [3.8, 4) is 0 Å². The van der Waals surface area contributed by atoms with Gasteiger partial charge in [0.25, 0.3) is 5.91 Å². The summed E-state index contributed by atoms with van der Waals surface area (Å²) in [7, 11) is 0. The van der Waals surface area contributed by atoms with Crippen LogP contribution in [0.25, 0.3) is 6.08 Å². The zero-order chi connectivity index (χ0) is 16.2. The second-order valence-corrected chi connectivity index (χ2v) is 5.82. The molecule has 0 spiro atoms. The molecule has 1 unspecified atom stereocenters. The number of likely N-dealkylation sites (N-methyl/N-ethyl adjacent to an activating group) is 1. The smallest absolute Gasteiger partial charge is 0.251 e. The Hall–Kier alpha value is -2.55. The fourth-order valence-corrected chi connectivity index (χ4v) is 3.15. The molecule has 2 aromatic carbocycles. The van der Waals surface area contributed by atoms with E-state index in [1.165, 1.54) is 0 Å². The standard InChI is InChI=1S/C20H22N2O/c1-3-21-16(2)15-22(19-12-8-7-11-18(19)21)20(23)14-13-17-9-5-4-6-10-17/h4-14,16H,3,15H2,1-2H3/b14-13+. The molecule has 0 N–H and O–H groups in total. The van der Waals surface area contributed by atoms with E-state index in [1.54, 1.807) is 6.08 Å². The summed E-state index contributed by atoms with van der Waals surface area (Å²) in [6.45, 7) is 5.98. The number of carbonyl (C=O) groups is 1. The highest BCUT2D eigenvalue weighted by atomic mass is 16.2. The Morgan fingerprint density at radius 1 is 1.09 bits per heavy atom. The third-order valence-corrected chi connectivity index (χ3v) is 4.29. The highest BCUT2D eigenvalue weighted by Gasteiger charge is 2.29. The van der Waals surface area contributed by atoms with Gasteiger partial charge in [0, 0.05) is 25.2 Å². The minimum Gasteiger partial charge on any atom is -0.366 e. The molecule has 1 amide bonds. The Morgan fingerprint density at radius 2 is 1.74 bits per heavy atom. The van der Waals surface area contributed by atoms with Gasteiger partial charge in [-0.15, -0.1) is 0 Å². The van der Waals surface area contributed by atoms with Gasteiger partial charge in [0.1, 0.15) is 0 Å². The summed E-state index contributed by atoms with van der Waals surface area (Å²) >= 11 is 0. The summed E-state index contributed by atoms with van der Waals surface area (Å²) < 4.78 is 0. The Bertz CT molecular complexity index is 709. The van der Waals surface area contributed by atoms with Crippen LogP contribution in [0, 0.1) is 0 Å². The third kappa shape index (κ3) is 3.14. The largest absolute Gasteiger partial charge is 0.366 e. The second kappa shape index (κ2) is 6.69. The molecular weight excluding hydrogens is 284 g/mol. The van der Waals surface area contributed by atoms with Gasteiger partial charge in [-0.3, -0.25) is 4.79 Å². The minimum absolute atomic E-state index is 0.0314. The molecule has 1 heterocycles. The molecule has 1 aliphatic rings. The van der Waals surface area contributed by atoms with Crippen LogP contribution < -0.4 is 9.80 Å². The number of carbonyl (C=O) groups excluding carboxylic acids is 1. The molecule has 0 radical (unpaired) electrons. The number of nitrogens with zero attached hydrogens (tertiary/aromatic N) is 2.